The molecule has 0 saturated heterocycles. The Morgan fingerprint density at radius 1 is 0.833 bits per heavy atom. The summed E-state index contributed by atoms with van der Waals surface area (Å²) < 4.78 is 0. The number of amides is 2. The molecule has 1 heterocycles. The molecule has 134 valence electrons. The van der Waals surface area contributed by atoms with Crippen LogP contribution in [0.5, 0.6) is 0 Å². The normalized spacial score (nSPS) is 10.9. The molecule has 0 atom stereocenters. The lowest BCUT2D eigenvalue weighted by molar-refractivity contribution is 0.0915. The summed E-state index contributed by atoms with van der Waals surface area (Å²) >= 11 is 0. The molecule has 2 amide bonds. The molecule has 9 heteroatoms. The maximum atomic E-state index is 12.0. The molecule has 0 radical (unpaired) electrons. The predicted octanol–water partition coefficient (Wildman–Crippen LogP) is -2.26. The van der Waals surface area contributed by atoms with Gasteiger partial charge in [-0.3, -0.25) is 9.59 Å². The summed E-state index contributed by atoms with van der Waals surface area (Å²) in [7, 11) is 0. The second-order valence-corrected chi connectivity index (χ2v) is 5.29. The Bertz CT molecular complexity index is 488. The maximum Gasteiger partial charge on any atom is 0.269 e. The number of carbonyl (C=O) groups excluding carboxylic acids is 2. The smallest absolute Gasteiger partial charge is 0.269 e. The fraction of sp³-hybridized carbons (Fsp3) is 0.533. The minimum Gasteiger partial charge on any atom is -0.396 e. The minimum atomic E-state index is -0.528. The molecule has 24 heavy (non-hydrogen) atoms. The van der Waals surface area contributed by atoms with Crippen molar-refractivity contribution in [1.29, 1.82) is 0 Å². The fourth-order valence-corrected chi connectivity index (χ4v) is 1.72. The van der Waals surface area contributed by atoms with Crippen LogP contribution in [0.25, 0.3) is 0 Å². The van der Waals surface area contributed by atoms with Gasteiger partial charge in [0.2, 0.25) is 0 Å². The largest absolute Gasteiger partial charge is 0.396 e. The number of nitrogens with zero attached hydrogens (tertiary/aromatic N) is 1. The molecule has 1 rings (SSSR count). The highest BCUT2D eigenvalue weighted by Crippen LogP contribution is 2.01. The average Bonchev–Trinajstić information content (AvgIpc) is 2.63. The quantitative estimate of drug-likeness (QED) is 0.281. The zero-order valence-corrected chi connectivity index (χ0v) is 13.2. The van der Waals surface area contributed by atoms with Crippen LogP contribution in [-0.4, -0.2) is 76.7 Å². The van der Waals surface area contributed by atoms with E-state index in [9.17, 15) is 9.59 Å². The van der Waals surface area contributed by atoms with Gasteiger partial charge in [0, 0.05) is 51.4 Å². The fourth-order valence-electron chi connectivity index (χ4n) is 1.72. The van der Waals surface area contributed by atoms with Crippen LogP contribution >= 0.6 is 0 Å². The van der Waals surface area contributed by atoms with Gasteiger partial charge in [-0.1, -0.05) is 6.07 Å². The number of carbonyl (C=O) groups is 2. The zero-order chi connectivity index (χ0) is 17.9. The van der Waals surface area contributed by atoms with E-state index < -0.39 is 23.7 Å². The first-order valence-electron chi connectivity index (χ1n) is 7.52. The molecule has 0 aromatic carbocycles. The number of rotatable bonds is 10. The van der Waals surface area contributed by atoms with Crippen molar-refractivity contribution in [2.45, 2.75) is 0 Å². The molecule has 0 spiro atoms. The number of pyridine rings is 1. The highest BCUT2D eigenvalue weighted by atomic mass is 16.3. The number of hydrogen-bond acceptors (Lipinski definition) is 7. The second kappa shape index (κ2) is 10.7. The molecule has 9 nitrogen and oxygen atoms in total. The monoisotopic (exact) mass is 341 g/mol. The first-order chi connectivity index (χ1) is 11.5. The number of aliphatic hydroxyl groups excluding tert-OH is 4. The van der Waals surface area contributed by atoms with Crippen molar-refractivity contribution in [2.24, 2.45) is 11.8 Å². The number of aliphatic hydroxyl groups is 4. The lowest BCUT2D eigenvalue weighted by atomic mass is 10.1. The lowest BCUT2D eigenvalue weighted by Crippen LogP contribution is -2.34. The number of nitrogens with one attached hydrogen (secondary N) is 2. The molecule has 0 aliphatic carbocycles. The SMILES string of the molecule is O=C(NCC(CO)CO)c1cccc(C(=O)NCC(CO)CO)n1. The molecule has 0 aliphatic heterocycles. The van der Waals surface area contributed by atoms with Crippen LogP contribution in [0, 0.1) is 11.8 Å². The van der Waals surface area contributed by atoms with Crippen molar-refractivity contribution in [3.63, 3.8) is 0 Å². The van der Waals surface area contributed by atoms with Crippen molar-refractivity contribution < 1.29 is 30.0 Å². The van der Waals surface area contributed by atoms with E-state index in [0.717, 1.165) is 0 Å². The third kappa shape index (κ3) is 6.20. The van der Waals surface area contributed by atoms with E-state index in [1.54, 1.807) is 0 Å². The molecule has 0 bridgehead atoms. The van der Waals surface area contributed by atoms with Gasteiger partial charge in [-0.25, -0.2) is 4.98 Å². The van der Waals surface area contributed by atoms with Crippen molar-refractivity contribution in [3.8, 4) is 0 Å². The highest BCUT2D eigenvalue weighted by Gasteiger charge is 2.15. The summed E-state index contributed by atoms with van der Waals surface area (Å²) in [5.41, 5.74) is 0.0521. The number of aromatic nitrogens is 1. The van der Waals surface area contributed by atoms with E-state index in [1.807, 2.05) is 0 Å². The van der Waals surface area contributed by atoms with E-state index >= 15 is 0 Å². The van der Waals surface area contributed by atoms with Gasteiger partial charge in [-0.05, 0) is 12.1 Å². The lowest BCUT2D eigenvalue weighted by Gasteiger charge is -2.13. The van der Waals surface area contributed by atoms with Crippen molar-refractivity contribution in [1.82, 2.24) is 15.6 Å². The van der Waals surface area contributed by atoms with E-state index in [4.69, 9.17) is 20.4 Å². The van der Waals surface area contributed by atoms with Gasteiger partial charge in [0.1, 0.15) is 11.4 Å². The van der Waals surface area contributed by atoms with E-state index in [0.29, 0.717) is 0 Å². The van der Waals surface area contributed by atoms with E-state index in [2.05, 4.69) is 15.6 Å². The van der Waals surface area contributed by atoms with Gasteiger partial charge in [0.25, 0.3) is 11.8 Å². The molecule has 6 N–H and O–H groups in total. The van der Waals surface area contributed by atoms with Gasteiger partial charge in [-0.15, -0.1) is 0 Å². The Morgan fingerprint density at radius 2 is 1.21 bits per heavy atom. The Kier molecular flexibility index (Phi) is 8.87. The maximum absolute atomic E-state index is 12.0. The summed E-state index contributed by atoms with van der Waals surface area (Å²) in [5.74, 6) is -1.98. The summed E-state index contributed by atoms with van der Waals surface area (Å²) in [6, 6.07) is 4.37. The molecular weight excluding hydrogens is 318 g/mol. The van der Waals surface area contributed by atoms with Crippen LogP contribution in [0.1, 0.15) is 21.0 Å². The highest BCUT2D eigenvalue weighted by molar-refractivity contribution is 5.96. The van der Waals surface area contributed by atoms with Crippen LogP contribution in [0.4, 0.5) is 0 Å². The molecule has 0 unspecified atom stereocenters. The summed E-state index contributed by atoms with van der Waals surface area (Å²) in [5, 5.41) is 40.9. The Balaban J connectivity index is 2.65. The van der Waals surface area contributed by atoms with Crippen LogP contribution in [0.2, 0.25) is 0 Å². The molecule has 0 saturated carbocycles. The summed E-state index contributed by atoms with van der Waals surface area (Å²) in [6.45, 7) is -0.878. The molecule has 1 aromatic heterocycles. The van der Waals surface area contributed by atoms with E-state index in [-0.39, 0.29) is 50.9 Å². The molecule has 1 aromatic rings. The molecule has 0 fully saturated rings. The standard InChI is InChI=1S/C15H23N3O6/c19-6-10(7-20)4-16-14(23)12-2-1-3-13(18-12)15(24)17-5-11(8-21)9-22/h1-3,10-11,19-22H,4-9H2,(H,16,23)(H,17,24). The van der Waals surface area contributed by atoms with Gasteiger partial charge >= 0.3 is 0 Å². The first-order valence-corrected chi connectivity index (χ1v) is 7.52. The zero-order valence-electron chi connectivity index (χ0n) is 13.2. The Labute approximate surface area is 139 Å². The Morgan fingerprint density at radius 3 is 1.54 bits per heavy atom. The average molecular weight is 341 g/mol. The topological polar surface area (TPSA) is 152 Å². The van der Waals surface area contributed by atoms with Crippen LogP contribution in [-0.2, 0) is 0 Å². The van der Waals surface area contributed by atoms with Crippen molar-refractivity contribution in [2.75, 3.05) is 39.5 Å². The van der Waals surface area contributed by atoms with Crippen LogP contribution in [0.15, 0.2) is 18.2 Å². The molecular formula is C15H23N3O6. The third-order valence-electron chi connectivity index (χ3n) is 3.35. The van der Waals surface area contributed by atoms with Gasteiger partial charge < -0.3 is 31.1 Å². The van der Waals surface area contributed by atoms with Gasteiger partial charge in [-0.2, -0.15) is 0 Å². The van der Waals surface area contributed by atoms with Crippen LogP contribution in [0.3, 0.4) is 0 Å². The summed E-state index contributed by atoms with van der Waals surface area (Å²) in [4.78, 5) is 27.9. The summed E-state index contributed by atoms with van der Waals surface area (Å²) in [6.07, 6.45) is 0. The number of hydrogen-bond donors (Lipinski definition) is 6. The van der Waals surface area contributed by atoms with Crippen molar-refractivity contribution >= 4 is 11.8 Å². The van der Waals surface area contributed by atoms with Gasteiger partial charge in [0.05, 0.1) is 0 Å². The van der Waals surface area contributed by atoms with Crippen molar-refractivity contribution in [3.05, 3.63) is 29.6 Å². The first kappa shape index (κ1) is 20.0. The third-order valence-corrected chi connectivity index (χ3v) is 3.35. The van der Waals surface area contributed by atoms with E-state index in [1.165, 1.54) is 18.2 Å². The van der Waals surface area contributed by atoms with Gasteiger partial charge in [0.15, 0.2) is 0 Å². The predicted molar refractivity (Wildman–Crippen MR) is 84.2 cm³/mol. The minimum absolute atomic E-state index is 0.0261. The van der Waals surface area contributed by atoms with Crippen LogP contribution < -0.4 is 10.6 Å². The Hall–Kier alpha value is -2.07. The second-order valence-electron chi connectivity index (χ2n) is 5.29. The molecule has 0 aliphatic rings.